The first kappa shape index (κ1) is 7.65. The zero-order valence-electron chi connectivity index (χ0n) is 6.36. The number of allylic oxidation sites excluding steroid dienone is 1. The van der Waals surface area contributed by atoms with E-state index in [1.807, 2.05) is 0 Å². The van der Waals surface area contributed by atoms with E-state index >= 15 is 0 Å². The minimum absolute atomic E-state index is 0.133. The van der Waals surface area contributed by atoms with E-state index in [1.54, 1.807) is 0 Å². The van der Waals surface area contributed by atoms with Crippen LogP contribution in [0.5, 0.6) is 0 Å². The molecule has 2 aliphatic rings. The van der Waals surface area contributed by atoms with Gasteiger partial charge in [0.15, 0.2) is 5.25 Å². The molecule has 0 radical (unpaired) electrons. The molecular weight excluding hydrogens is 160 g/mol. The molecule has 2 fully saturated rings. The zero-order valence-corrected chi connectivity index (χ0v) is 7.18. The van der Waals surface area contributed by atoms with Crippen LogP contribution >= 0.6 is 0 Å². The Balaban J connectivity index is 2.18. The van der Waals surface area contributed by atoms with Crippen LogP contribution in [0, 0.1) is 0 Å². The first-order chi connectivity index (χ1) is 5.20. The van der Waals surface area contributed by atoms with Crippen molar-refractivity contribution in [2.24, 2.45) is 0 Å². The lowest BCUT2D eigenvalue weighted by Crippen LogP contribution is -2.29. The molecule has 2 nitrogen and oxygen atoms in total. The number of aliphatic hydroxyl groups excluding tert-OH is 2. The molecule has 62 valence electrons. The minimum Gasteiger partial charge on any atom is -0.385 e. The maximum Gasteiger partial charge on any atom is 0.152 e. The SMILES string of the molecule is C=C1CC[C@@H]2[C@@H](O)[C@H](O)C[S+]12. The van der Waals surface area contributed by atoms with Crippen LogP contribution in [-0.4, -0.2) is 33.4 Å². The van der Waals surface area contributed by atoms with Gasteiger partial charge in [-0.2, -0.15) is 0 Å². The van der Waals surface area contributed by atoms with E-state index < -0.39 is 12.2 Å². The van der Waals surface area contributed by atoms with Crippen LogP contribution in [0.25, 0.3) is 0 Å². The van der Waals surface area contributed by atoms with Gasteiger partial charge < -0.3 is 10.2 Å². The molecule has 11 heavy (non-hydrogen) atoms. The Kier molecular flexibility index (Phi) is 1.74. The topological polar surface area (TPSA) is 40.5 Å². The molecule has 4 atom stereocenters. The van der Waals surface area contributed by atoms with E-state index in [1.165, 1.54) is 4.91 Å². The van der Waals surface area contributed by atoms with Crippen molar-refractivity contribution in [2.75, 3.05) is 5.75 Å². The second-order valence-electron chi connectivity index (χ2n) is 3.27. The van der Waals surface area contributed by atoms with Crippen molar-refractivity contribution in [3.05, 3.63) is 11.5 Å². The van der Waals surface area contributed by atoms with Crippen LogP contribution in [0.4, 0.5) is 0 Å². The lowest BCUT2D eigenvalue weighted by Gasteiger charge is -2.05. The average Bonchev–Trinajstić information content (AvgIpc) is 2.43. The van der Waals surface area contributed by atoms with Gasteiger partial charge in [0, 0.05) is 23.7 Å². The fraction of sp³-hybridized carbons (Fsp3) is 0.750. The van der Waals surface area contributed by atoms with Crippen molar-refractivity contribution in [2.45, 2.75) is 30.3 Å². The highest BCUT2D eigenvalue weighted by molar-refractivity contribution is 8.01. The standard InChI is InChI=1S/C8H13O2S/c1-5-2-3-7-8(10)6(9)4-11(5)7/h6-10H,1-4H2/q+1/t6-,7-,8+,11?/m1/s1. The summed E-state index contributed by atoms with van der Waals surface area (Å²) in [5.74, 6) is 0.755. The van der Waals surface area contributed by atoms with Crippen LogP contribution in [0.3, 0.4) is 0 Å². The molecule has 2 N–H and O–H groups in total. The van der Waals surface area contributed by atoms with Crippen LogP contribution in [-0.2, 0) is 10.9 Å². The molecule has 0 saturated carbocycles. The molecule has 0 bridgehead atoms. The Hall–Kier alpha value is 0.0100. The van der Waals surface area contributed by atoms with Crippen molar-refractivity contribution in [3.8, 4) is 0 Å². The maximum absolute atomic E-state index is 9.50. The molecule has 2 aliphatic heterocycles. The van der Waals surface area contributed by atoms with Crippen molar-refractivity contribution < 1.29 is 10.2 Å². The molecule has 0 aromatic carbocycles. The highest BCUT2D eigenvalue weighted by Crippen LogP contribution is 2.39. The summed E-state index contributed by atoms with van der Waals surface area (Å²) >= 11 is 0. The number of hydrogen-bond acceptors (Lipinski definition) is 2. The van der Waals surface area contributed by atoms with Crippen LogP contribution in [0.2, 0.25) is 0 Å². The molecule has 0 aliphatic carbocycles. The summed E-state index contributed by atoms with van der Waals surface area (Å²) in [6, 6.07) is 0. The largest absolute Gasteiger partial charge is 0.385 e. The number of rotatable bonds is 0. The summed E-state index contributed by atoms with van der Waals surface area (Å²) in [6.07, 6.45) is 1.12. The summed E-state index contributed by atoms with van der Waals surface area (Å²) in [4.78, 5) is 1.26. The fourth-order valence-electron chi connectivity index (χ4n) is 1.90. The summed E-state index contributed by atoms with van der Waals surface area (Å²) in [5, 5.41) is 19.2. The molecule has 3 heteroatoms. The smallest absolute Gasteiger partial charge is 0.152 e. The van der Waals surface area contributed by atoms with Gasteiger partial charge in [0.2, 0.25) is 0 Å². The Labute approximate surface area is 69.3 Å². The van der Waals surface area contributed by atoms with E-state index in [0.29, 0.717) is 5.25 Å². The maximum atomic E-state index is 9.50. The monoisotopic (exact) mass is 173 g/mol. The molecule has 2 rings (SSSR count). The zero-order chi connectivity index (χ0) is 8.01. The van der Waals surface area contributed by atoms with Gasteiger partial charge in [-0.3, -0.25) is 0 Å². The van der Waals surface area contributed by atoms with Crippen molar-refractivity contribution in [1.82, 2.24) is 0 Å². The van der Waals surface area contributed by atoms with Crippen molar-refractivity contribution in [1.29, 1.82) is 0 Å². The first-order valence-corrected chi connectivity index (χ1v) is 5.39. The van der Waals surface area contributed by atoms with E-state index in [-0.39, 0.29) is 10.9 Å². The number of hydrogen-bond donors (Lipinski definition) is 2. The first-order valence-electron chi connectivity index (χ1n) is 3.94. The minimum atomic E-state index is -0.486. The summed E-state index contributed by atoms with van der Waals surface area (Å²) in [7, 11) is 0.133. The van der Waals surface area contributed by atoms with Gasteiger partial charge in [0.05, 0.1) is 0 Å². The summed E-state index contributed by atoms with van der Waals surface area (Å²) in [6.45, 7) is 3.96. The Bertz CT molecular complexity index is 193. The van der Waals surface area contributed by atoms with Gasteiger partial charge in [-0.05, 0) is 6.58 Å². The van der Waals surface area contributed by atoms with Crippen molar-refractivity contribution >= 4 is 10.9 Å². The fourth-order valence-corrected chi connectivity index (χ4v) is 4.68. The van der Waals surface area contributed by atoms with Crippen LogP contribution in [0.15, 0.2) is 11.5 Å². The third-order valence-corrected chi connectivity index (χ3v) is 5.46. The highest BCUT2D eigenvalue weighted by atomic mass is 32.2. The van der Waals surface area contributed by atoms with Gasteiger partial charge >= 0.3 is 0 Å². The quantitative estimate of drug-likeness (QED) is 0.507. The van der Waals surface area contributed by atoms with Gasteiger partial charge in [-0.25, -0.2) is 0 Å². The second kappa shape index (κ2) is 2.51. The van der Waals surface area contributed by atoms with Crippen molar-refractivity contribution in [3.63, 3.8) is 0 Å². The molecular formula is C8H13O2S+. The Morgan fingerprint density at radius 3 is 2.82 bits per heavy atom. The molecule has 0 aromatic rings. The van der Waals surface area contributed by atoms with Gasteiger partial charge in [0.1, 0.15) is 22.9 Å². The molecule has 0 spiro atoms. The van der Waals surface area contributed by atoms with Gasteiger partial charge in [-0.1, -0.05) is 0 Å². The highest BCUT2D eigenvalue weighted by Gasteiger charge is 2.54. The third kappa shape index (κ3) is 1.03. The normalized spacial score (nSPS) is 49.8. The Morgan fingerprint density at radius 1 is 1.45 bits per heavy atom. The second-order valence-corrected chi connectivity index (χ2v) is 5.64. The number of aliphatic hydroxyl groups is 2. The molecule has 0 amide bonds. The van der Waals surface area contributed by atoms with E-state index in [9.17, 15) is 10.2 Å². The molecule has 2 heterocycles. The predicted molar refractivity (Wildman–Crippen MR) is 46.4 cm³/mol. The number of fused-ring (bicyclic) bond motifs is 1. The van der Waals surface area contributed by atoms with Crippen LogP contribution in [0.1, 0.15) is 12.8 Å². The van der Waals surface area contributed by atoms with E-state index in [4.69, 9.17) is 0 Å². The van der Waals surface area contributed by atoms with Crippen LogP contribution < -0.4 is 0 Å². The lowest BCUT2D eigenvalue weighted by molar-refractivity contribution is 0.0410. The summed E-state index contributed by atoms with van der Waals surface area (Å²) < 4.78 is 0. The lowest BCUT2D eigenvalue weighted by atomic mass is 10.1. The predicted octanol–water partition coefficient (Wildman–Crippen LogP) is 0.0162. The van der Waals surface area contributed by atoms with Gasteiger partial charge in [0.25, 0.3) is 0 Å². The van der Waals surface area contributed by atoms with E-state index in [0.717, 1.165) is 18.6 Å². The summed E-state index contributed by atoms with van der Waals surface area (Å²) in [5.41, 5.74) is 0. The third-order valence-electron chi connectivity index (χ3n) is 2.57. The van der Waals surface area contributed by atoms with Gasteiger partial charge in [-0.15, -0.1) is 0 Å². The van der Waals surface area contributed by atoms with E-state index in [2.05, 4.69) is 6.58 Å². The molecule has 1 unspecified atom stereocenters. The Morgan fingerprint density at radius 2 is 2.18 bits per heavy atom. The molecule has 0 aromatic heterocycles. The molecule has 2 saturated heterocycles. The average molecular weight is 173 g/mol.